The summed E-state index contributed by atoms with van der Waals surface area (Å²) in [6, 6.07) is 22.0. The molecule has 1 N–H and O–H groups in total. The van der Waals surface area contributed by atoms with Crippen LogP contribution in [0.2, 0.25) is 10.0 Å². The van der Waals surface area contributed by atoms with Gasteiger partial charge >= 0.3 is 5.97 Å². The maximum Gasteiger partial charge on any atom is 0.340 e. The van der Waals surface area contributed by atoms with Gasteiger partial charge in [0.1, 0.15) is 0 Å². The summed E-state index contributed by atoms with van der Waals surface area (Å²) in [6.07, 6.45) is -1.03. The Morgan fingerprint density at radius 1 is 0.867 bits per heavy atom. The first kappa shape index (κ1) is 20.2. The molecule has 1 amide bonds. The summed E-state index contributed by atoms with van der Waals surface area (Å²) in [7, 11) is 0. The molecule has 0 fully saturated rings. The molecule has 4 aromatic rings. The summed E-state index contributed by atoms with van der Waals surface area (Å²) in [4.78, 5) is 25.7. The van der Waals surface area contributed by atoms with E-state index in [0.717, 1.165) is 21.5 Å². The van der Waals surface area contributed by atoms with Gasteiger partial charge in [-0.1, -0.05) is 71.7 Å². The molecular weight excluding hydrogens is 421 g/mol. The highest BCUT2D eigenvalue weighted by molar-refractivity contribution is 6.36. The molecule has 150 valence electrons. The van der Waals surface area contributed by atoms with E-state index in [-0.39, 0.29) is 0 Å². The number of halogens is 2. The molecule has 0 spiro atoms. The summed E-state index contributed by atoms with van der Waals surface area (Å²) < 4.78 is 5.53. The second kappa shape index (κ2) is 8.34. The van der Waals surface area contributed by atoms with E-state index < -0.39 is 18.0 Å². The van der Waals surface area contributed by atoms with E-state index in [1.165, 1.54) is 13.0 Å². The van der Waals surface area contributed by atoms with Crippen LogP contribution in [0.15, 0.2) is 72.8 Å². The van der Waals surface area contributed by atoms with Crippen LogP contribution in [0.5, 0.6) is 0 Å². The van der Waals surface area contributed by atoms with Crippen LogP contribution in [0, 0.1) is 0 Å². The lowest BCUT2D eigenvalue weighted by atomic mass is 9.97. The Balaban J connectivity index is 1.63. The number of carbonyl (C=O) groups excluding carboxylic acids is 2. The average Bonchev–Trinajstić information content (AvgIpc) is 2.73. The summed E-state index contributed by atoms with van der Waals surface area (Å²) >= 11 is 12.0. The molecule has 30 heavy (non-hydrogen) atoms. The third kappa shape index (κ3) is 3.97. The first-order chi connectivity index (χ1) is 14.4. The number of carbonyl (C=O) groups is 2. The van der Waals surface area contributed by atoms with Crippen molar-refractivity contribution >= 4 is 62.3 Å². The highest BCUT2D eigenvalue weighted by atomic mass is 35.5. The summed E-state index contributed by atoms with van der Waals surface area (Å²) in [5.74, 6) is -1.05. The molecule has 0 radical (unpaired) electrons. The largest absolute Gasteiger partial charge is 0.449 e. The van der Waals surface area contributed by atoms with E-state index in [9.17, 15) is 9.59 Å². The van der Waals surface area contributed by atoms with Gasteiger partial charge in [0.05, 0.1) is 16.3 Å². The number of amides is 1. The van der Waals surface area contributed by atoms with Crippen LogP contribution in [0.1, 0.15) is 17.3 Å². The molecule has 0 saturated heterocycles. The van der Waals surface area contributed by atoms with Crippen molar-refractivity contribution in [1.29, 1.82) is 0 Å². The van der Waals surface area contributed by atoms with Crippen LogP contribution in [0.3, 0.4) is 0 Å². The molecule has 1 atom stereocenters. The van der Waals surface area contributed by atoms with Crippen molar-refractivity contribution in [2.75, 3.05) is 5.32 Å². The average molecular weight is 438 g/mol. The zero-order chi connectivity index (χ0) is 21.3. The monoisotopic (exact) mass is 437 g/mol. The van der Waals surface area contributed by atoms with E-state index in [0.29, 0.717) is 21.3 Å². The normalized spacial score (nSPS) is 12.0. The van der Waals surface area contributed by atoms with Gasteiger partial charge in [0.2, 0.25) is 0 Å². The summed E-state index contributed by atoms with van der Waals surface area (Å²) in [5.41, 5.74) is 0.831. The zero-order valence-electron chi connectivity index (χ0n) is 16.0. The molecule has 4 rings (SSSR count). The molecule has 0 aliphatic carbocycles. The summed E-state index contributed by atoms with van der Waals surface area (Å²) in [5, 5.41) is 6.81. The fraction of sp³-hybridized carbons (Fsp3) is 0.0833. The third-order valence-electron chi connectivity index (χ3n) is 4.82. The Bertz CT molecular complexity index is 1230. The van der Waals surface area contributed by atoms with Gasteiger partial charge in [-0.25, -0.2) is 4.79 Å². The molecule has 6 heteroatoms. The number of ether oxygens (including phenoxy) is 1. The van der Waals surface area contributed by atoms with Gasteiger partial charge in [-0.3, -0.25) is 4.79 Å². The van der Waals surface area contributed by atoms with Crippen molar-refractivity contribution in [1.82, 2.24) is 0 Å². The lowest BCUT2D eigenvalue weighted by molar-refractivity contribution is -0.123. The standard InChI is InChI=1S/C24H17Cl2NO3/c1-14(23(28)27-21-11-10-17(25)13-20(21)26)30-24(29)22-18-8-4-2-6-15(18)12-16-7-3-5-9-19(16)22/h2-14H,1H3,(H,27,28)/t14-/m0/s1. The van der Waals surface area contributed by atoms with Crippen molar-refractivity contribution in [3.05, 3.63) is 88.4 Å². The zero-order valence-corrected chi connectivity index (χ0v) is 17.5. The maximum atomic E-state index is 13.1. The topological polar surface area (TPSA) is 55.4 Å². The van der Waals surface area contributed by atoms with Crippen LogP contribution in [0.25, 0.3) is 21.5 Å². The van der Waals surface area contributed by atoms with Gasteiger partial charge in [-0.15, -0.1) is 0 Å². The predicted octanol–water partition coefficient (Wildman–Crippen LogP) is 6.48. The number of fused-ring (bicyclic) bond motifs is 2. The van der Waals surface area contributed by atoms with Gasteiger partial charge in [0.25, 0.3) is 5.91 Å². The quantitative estimate of drug-likeness (QED) is 0.293. The summed E-state index contributed by atoms with van der Waals surface area (Å²) in [6.45, 7) is 1.52. The number of hydrogen-bond acceptors (Lipinski definition) is 3. The van der Waals surface area contributed by atoms with Crippen molar-refractivity contribution in [2.45, 2.75) is 13.0 Å². The van der Waals surface area contributed by atoms with E-state index in [4.69, 9.17) is 27.9 Å². The minimum absolute atomic E-state index is 0.300. The fourth-order valence-corrected chi connectivity index (χ4v) is 3.79. The second-order valence-corrected chi connectivity index (χ2v) is 7.70. The molecule has 0 unspecified atom stereocenters. The second-order valence-electron chi connectivity index (χ2n) is 6.85. The number of anilines is 1. The van der Waals surface area contributed by atoms with Crippen molar-refractivity contribution in [3.8, 4) is 0 Å². The highest BCUT2D eigenvalue weighted by Gasteiger charge is 2.23. The van der Waals surface area contributed by atoms with Gasteiger partial charge in [0.15, 0.2) is 6.10 Å². The Kier molecular flexibility index (Phi) is 5.62. The molecule has 0 bridgehead atoms. The predicted molar refractivity (Wildman–Crippen MR) is 121 cm³/mol. The van der Waals surface area contributed by atoms with Gasteiger partial charge in [-0.2, -0.15) is 0 Å². The number of rotatable bonds is 4. The first-order valence-electron chi connectivity index (χ1n) is 9.31. The number of esters is 1. The number of benzene rings is 4. The van der Waals surface area contributed by atoms with Crippen LogP contribution in [-0.2, 0) is 9.53 Å². The maximum absolute atomic E-state index is 13.1. The van der Waals surface area contributed by atoms with Crippen LogP contribution >= 0.6 is 23.2 Å². The molecule has 4 aromatic carbocycles. The minimum Gasteiger partial charge on any atom is -0.449 e. The Hall–Kier alpha value is -3.08. The lowest BCUT2D eigenvalue weighted by Gasteiger charge is -2.16. The molecular formula is C24H17Cl2NO3. The van der Waals surface area contributed by atoms with E-state index in [1.54, 1.807) is 12.1 Å². The fourth-order valence-electron chi connectivity index (χ4n) is 3.33. The van der Waals surface area contributed by atoms with Gasteiger partial charge in [0, 0.05) is 5.02 Å². The van der Waals surface area contributed by atoms with E-state index >= 15 is 0 Å². The van der Waals surface area contributed by atoms with Crippen LogP contribution in [-0.4, -0.2) is 18.0 Å². The molecule has 4 nitrogen and oxygen atoms in total. The van der Waals surface area contributed by atoms with E-state index in [2.05, 4.69) is 5.32 Å². The molecule has 0 heterocycles. The van der Waals surface area contributed by atoms with Crippen LogP contribution < -0.4 is 5.32 Å². The highest BCUT2D eigenvalue weighted by Crippen LogP contribution is 2.30. The van der Waals surface area contributed by atoms with E-state index in [1.807, 2.05) is 54.6 Å². The first-order valence-corrected chi connectivity index (χ1v) is 10.1. The number of hydrogen-bond donors (Lipinski definition) is 1. The number of nitrogens with one attached hydrogen (secondary N) is 1. The Morgan fingerprint density at radius 2 is 1.47 bits per heavy atom. The lowest BCUT2D eigenvalue weighted by Crippen LogP contribution is -2.30. The minimum atomic E-state index is -1.03. The third-order valence-corrected chi connectivity index (χ3v) is 5.37. The van der Waals surface area contributed by atoms with Crippen molar-refractivity contribution in [2.24, 2.45) is 0 Å². The van der Waals surface area contributed by atoms with Gasteiger partial charge < -0.3 is 10.1 Å². The smallest absolute Gasteiger partial charge is 0.340 e. The Morgan fingerprint density at radius 3 is 2.07 bits per heavy atom. The molecule has 0 aliphatic rings. The van der Waals surface area contributed by atoms with Crippen LogP contribution in [0.4, 0.5) is 5.69 Å². The molecule has 0 aliphatic heterocycles. The van der Waals surface area contributed by atoms with Crippen molar-refractivity contribution in [3.63, 3.8) is 0 Å². The Labute approximate surface area is 183 Å². The van der Waals surface area contributed by atoms with Crippen molar-refractivity contribution < 1.29 is 14.3 Å². The van der Waals surface area contributed by atoms with Gasteiger partial charge in [-0.05, 0) is 52.7 Å². The molecule has 0 saturated carbocycles. The SMILES string of the molecule is C[C@H](OC(=O)c1c2ccccc2cc2ccccc12)C(=O)Nc1ccc(Cl)cc1Cl. The molecule has 0 aromatic heterocycles.